The summed E-state index contributed by atoms with van der Waals surface area (Å²) in [6, 6.07) is 10.9. The van der Waals surface area contributed by atoms with Gasteiger partial charge in [0.1, 0.15) is 11.5 Å². The third kappa shape index (κ3) is 4.30. The van der Waals surface area contributed by atoms with Crippen molar-refractivity contribution in [3.63, 3.8) is 0 Å². The highest BCUT2D eigenvalue weighted by Gasteiger charge is 2.23. The van der Waals surface area contributed by atoms with Gasteiger partial charge in [0.25, 0.3) is 5.91 Å². The van der Waals surface area contributed by atoms with E-state index in [2.05, 4.69) is 20.8 Å². The van der Waals surface area contributed by atoms with Crippen LogP contribution in [-0.4, -0.2) is 23.9 Å². The van der Waals surface area contributed by atoms with Crippen LogP contribution < -0.4 is 4.90 Å². The molecule has 7 heteroatoms. The maximum absolute atomic E-state index is 12.9. The van der Waals surface area contributed by atoms with E-state index in [9.17, 15) is 4.79 Å². The maximum atomic E-state index is 12.9. The molecule has 1 saturated heterocycles. The van der Waals surface area contributed by atoms with E-state index in [0.717, 1.165) is 24.7 Å². The minimum absolute atomic E-state index is 0.215. The predicted molar refractivity (Wildman–Crippen MR) is 103 cm³/mol. The lowest BCUT2D eigenvalue weighted by molar-refractivity contribution is 0.0671. The molecule has 0 radical (unpaired) electrons. The zero-order valence-corrected chi connectivity index (χ0v) is 16.5. The molecule has 1 aliphatic rings. The van der Waals surface area contributed by atoms with Gasteiger partial charge in [0.2, 0.25) is 0 Å². The summed E-state index contributed by atoms with van der Waals surface area (Å²) in [5, 5.41) is 0. The van der Waals surface area contributed by atoms with Crippen molar-refractivity contribution in [3.05, 3.63) is 64.6 Å². The van der Waals surface area contributed by atoms with E-state index in [-0.39, 0.29) is 11.7 Å². The van der Waals surface area contributed by atoms with Crippen molar-refractivity contribution in [1.29, 1.82) is 0 Å². The monoisotopic (exact) mass is 432 g/mol. The second-order valence-electron chi connectivity index (χ2n) is 6.63. The molecule has 3 aromatic heterocycles. The van der Waals surface area contributed by atoms with Crippen molar-refractivity contribution in [1.82, 2.24) is 4.90 Å². The minimum atomic E-state index is -0.215. The third-order valence-electron chi connectivity index (χ3n) is 4.66. The van der Waals surface area contributed by atoms with E-state index in [1.807, 2.05) is 24.3 Å². The first kappa shape index (κ1) is 18.0. The Kier molecular flexibility index (Phi) is 5.38. The Morgan fingerprint density at radius 1 is 1.00 bits per heavy atom. The molecule has 0 atom stereocenters. The second kappa shape index (κ2) is 8.08. The van der Waals surface area contributed by atoms with E-state index in [0.29, 0.717) is 23.5 Å². The van der Waals surface area contributed by atoms with E-state index in [1.54, 1.807) is 23.3 Å². The van der Waals surface area contributed by atoms with Crippen LogP contribution in [0.15, 0.2) is 60.6 Å². The normalized spacial score (nSPS) is 14.5. The Hall–Kier alpha value is -2.41. The molecule has 4 heterocycles. The molecule has 1 fully saturated rings. The molecule has 27 heavy (non-hydrogen) atoms. The molecule has 0 unspecified atom stereocenters. The lowest BCUT2D eigenvalue weighted by Crippen LogP contribution is -2.30. The lowest BCUT2D eigenvalue weighted by Gasteiger charge is -2.26. The smallest absolute Gasteiger partial charge is 0.290 e. The van der Waals surface area contributed by atoms with Gasteiger partial charge in [-0.05, 0) is 65.5 Å². The molecule has 0 N–H and O–H groups in total. The quantitative estimate of drug-likeness (QED) is 0.544. The van der Waals surface area contributed by atoms with Crippen LogP contribution in [0.3, 0.4) is 0 Å². The minimum Gasteiger partial charge on any atom is -0.467 e. The Balaban J connectivity index is 1.51. The van der Waals surface area contributed by atoms with Gasteiger partial charge in [-0.15, -0.1) is 0 Å². The van der Waals surface area contributed by atoms with Crippen LogP contribution in [0.1, 0.15) is 41.3 Å². The molecule has 0 aromatic carbocycles. The number of piperidine rings is 1. The molecule has 3 aromatic rings. The number of carbonyl (C=O) groups is 1. The average molecular weight is 433 g/mol. The summed E-state index contributed by atoms with van der Waals surface area (Å²) in [5.74, 6) is 2.37. The van der Waals surface area contributed by atoms with Crippen molar-refractivity contribution in [2.75, 3.05) is 18.0 Å². The summed E-state index contributed by atoms with van der Waals surface area (Å²) >= 11 is 3.24. The first-order chi connectivity index (χ1) is 13.2. The van der Waals surface area contributed by atoms with Crippen molar-refractivity contribution in [2.45, 2.75) is 32.4 Å². The van der Waals surface area contributed by atoms with Crippen LogP contribution in [0.5, 0.6) is 0 Å². The van der Waals surface area contributed by atoms with E-state index < -0.39 is 0 Å². The third-order valence-corrected chi connectivity index (χ3v) is 5.09. The number of anilines is 1. The van der Waals surface area contributed by atoms with Gasteiger partial charge in [-0.2, -0.15) is 0 Å². The molecule has 1 amide bonds. The van der Waals surface area contributed by atoms with Gasteiger partial charge in [-0.1, -0.05) is 0 Å². The van der Waals surface area contributed by atoms with Crippen LogP contribution in [0.25, 0.3) is 0 Å². The van der Waals surface area contributed by atoms with Gasteiger partial charge in [-0.3, -0.25) is 4.79 Å². The summed E-state index contributed by atoms with van der Waals surface area (Å²) in [6.07, 6.45) is 5.25. The van der Waals surface area contributed by atoms with Gasteiger partial charge < -0.3 is 23.1 Å². The first-order valence-corrected chi connectivity index (χ1v) is 9.89. The van der Waals surface area contributed by atoms with Crippen molar-refractivity contribution < 1.29 is 18.0 Å². The standard InChI is InChI=1S/C20H21BrN2O4/c21-18-8-7-17(27-18)20(24)23(13-15-5-4-12-25-15)14-16-6-9-19(26-16)22-10-2-1-3-11-22/h4-9,12H,1-3,10-11,13-14H2. The molecule has 0 bridgehead atoms. The van der Waals surface area contributed by atoms with Gasteiger partial charge in [-0.25, -0.2) is 0 Å². The van der Waals surface area contributed by atoms with Crippen molar-refractivity contribution in [2.24, 2.45) is 0 Å². The maximum Gasteiger partial charge on any atom is 0.290 e. The van der Waals surface area contributed by atoms with Crippen molar-refractivity contribution >= 4 is 27.7 Å². The van der Waals surface area contributed by atoms with E-state index in [1.165, 1.54) is 19.3 Å². The highest BCUT2D eigenvalue weighted by atomic mass is 79.9. The van der Waals surface area contributed by atoms with Crippen LogP contribution in [0.4, 0.5) is 5.88 Å². The van der Waals surface area contributed by atoms with Crippen LogP contribution >= 0.6 is 15.9 Å². The summed E-state index contributed by atoms with van der Waals surface area (Å²) in [5.41, 5.74) is 0. The zero-order valence-electron chi connectivity index (χ0n) is 14.9. The van der Waals surface area contributed by atoms with Crippen LogP contribution in [0.2, 0.25) is 0 Å². The number of furan rings is 3. The lowest BCUT2D eigenvalue weighted by atomic mass is 10.1. The van der Waals surface area contributed by atoms with Gasteiger partial charge in [0.15, 0.2) is 16.3 Å². The molecule has 4 rings (SSSR count). The first-order valence-electron chi connectivity index (χ1n) is 9.10. The Morgan fingerprint density at radius 3 is 2.52 bits per heavy atom. The van der Waals surface area contributed by atoms with Gasteiger partial charge in [0, 0.05) is 19.2 Å². The second-order valence-corrected chi connectivity index (χ2v) is 7.41. The number of halogens is 1. The van der Waals surface area contributed by atoms with Gasteiger partial charge in [0.05, 0.1) is 19.4 Å². The summed E-state index contributed by atoms with van der Waals surface area (Å²) in [6.45, 7) is 2.71. The fourth-order valence-corrected chi connectivity index (χ4v) is 3.61. The summed E-state index contributed by atoms with van der Waals surface area (Å²) in [7, 11) is 0. The number of amides is 1. The molecular weight excluding hydrogens is 412 g/mol. The molecule has 6 nitrogen and oxygen atoms in total. The molecule has 0 spiro atoms. The van der Waals surface area contributed by atoms with Gasteiger partial charge >= 0.3 is 0 Å². The Labute approximate surface area is 165 Å². The number of nitrogens with zero attached hydrogens (tertiary/aromatic N) is 2. The molecular formula is C20H21BrN2O4. The fourth-order valence-electron chi connectivity index (χ4n) is 3.30. The molecule has 142 valence electrons. The number of rotatable bonds is 6. The largest absolute Gasteiger partial charge is 0.467 e. The van der Waals surface area contributed by atoms with E-state index >= 15 is 0 Å². The Morgan fingerprint density at radius 2 is 1.81 bits per heavy atom. The number of carbonyl (C=O) groups excluding carboxylic acids is 1. The number of hydrogen-bond donors (Lipinski definition) is 0. The Bertz CT molecular complexity index is 878. The zero-order chi connectivity index (χ0) is 18.6. The van der Waals surface area contributed by atoms with Crippen LogP contribution in [0, 0.1) is 0 Å². The SMILES string of the molecule is O=C(c1ccc(Br)o1)N(Cc1ccco1)Cc1ccc(N2CCCCC2)o1. The summed E-state index contributed by atoms with van der Waals surface area (Å²) in [4.78, 5) is 16.8. The molecule has 1 aliphatic heterocycles. The number of hydrogen-bond acceptors (Lipinski definition) is 5. The average Bonchev–Trinajstić information content (AvgIpc) is 3.44. The predicted octanol–water partition coefficient (Wildman–Crippen LogP) is 5.06. The fraction of sp³-hybridized carbons (Fsp3) is 0.350. The molecule has 0 saturated carbocycles. The highest BCUT2D eigenvalue weighted by molar-refractivity contribution is 9.10. The molecule has 0 aliphatic carbocycles. The highest BCUT2D eigenvalue weighted by Crippen LogP contribution is 2.25. The topological polar surface area (TPSA) is 63.0 Å². The van der Waals surface area contributed by atoms with Crippen LogP contribution in [-0.2, 0) is 13.1 Å². The van der Waals surface area contributed by atoms with Crippen molar-refractivity contribution in [3.8, 4) is 0 Å². The summed E-state index contributed by atoms with van der Waals surface area (Å²) < 4.78 is 17.4. The van der Waals surface area contributed by atoms with E-state index in [4.69, 9.17) is 13.3 Å².